The molecule has 2 aromatic rings. The molecule has 11 heteroatoms. The van der Waals surface area contributed by atoms with Gasteiger partial charge >= 0.3 is 19.5 Å². The minimum atomic E-state index is -3.45. The van der Waals surface area contributed by atoms with Gasteiger partial charge in [-0.05, 0) is 69.8 Å². The number of ether oxygens (including phenoxy) is 3. The Morgan fingerprint density at radius 1 is 1.16 bits per heavy atom. The SMILES string of the molecule is CCOC(=O)[C@H](C)NP(=O)(CCNCC(C)=CCc1c(CC)c(C)c2c(c1OCC[Si](C)(C)C)C(=O)OC2)Oc1ccccc1. The van der Waals surface area contributed by atoms with E-state index in [1.54, 1.807) is 38.1 Å². The van der Waals surface area contributed by atoms with Crippen LogP contribution in [0.25, 0.3) is 0 Å². The van der Waals surface area contributed by atoms with Crippen molar-refractivity contribution in [1.29, 1.82) is 0 Å². The second kappa shape index (κ2) is 16.6. The Labute approximate surface area is 270 Å². The van der Waals surface area contributed by atoms with Crippen LogP contribution >= 0.6 is 7.52 Å². The summed E-state index contributed by atoms with van der Waals surface area (Å²) in [5.41, 5.74) is 5.97. The Balaban J connectivity index is 1.72. The van der Waals surface area contributed by atoms with E-state index in [1.807, 2.05) is 13.0 Å². The lowest BCUT2D eigenvalue weighted by Gasteiger charge is -2.24. The Bertz CT molecular complexity index is 1410. The van der Waals surface area contributed by atoms with E-state index < -0.39 is 27.6 Å². The first kappa shape index (κ1) is 36.6. The predicted octanol–water partition coefficient (Wildman–Crippen LogP) is 6.84. The van der Waals surface area contributed by atoms with E-state index >= 15 is 0 Å². The standard InChI is InChI=1S/C34H51N2O7PSi/c1-9-28-25(4)30-23-42-34(38)31(30)32(41-19-21-45(6,7)8)29(28)17-16-24(3)22-35-18-20-44(39,36-26(5)33(37)40-10-2)43-27-14-12-11-13-15-27/h11-16,26,35H,9-10,17-23H2,1-8H3,(H,36,39)/t26-,44?/m0/s1. The van der Waals surface area contributed by atoms with Crippen LogP contribution in [0.1, 0.15) is 60.3 Å². The fourth-order valence-corrected chi connectivity index (χ4v) is 7.80. The molecule has 1 heterocycles. The van der Waals surface area contributed by atoms with Crippen molar-refractivity contribution < 1.29 is 32.9 Å². The number of rotatable bonds is 18. The van der Waals surface area contributed by atoms with Gasteiger partial charge in [0.15, 0.2) is 0 Å². The van der Waals surface area contributed by atoms with Crippen molar-refractivity contribution in [2.24, 2.45) is 0 Å². The third-order valence-corrected chi connectivity index (χ3v) is 11.5. The number of benzene rings is 2. The van der Waals surface area contributed by atoms with Gasteiger partial charge in [0.2, 0.25) is 0 Å². The van der Waals surface area contributed by atoms with Crippen molar-refractivity contribution in [3.05, 3.63) is 69.8 Å². The monoisotopic (exact) mass is 658 g/mol. The van der Waals surface area contributed by atoms with Crippen LogP contribution in [0.2, 0.25) is 25.7 Å². The maximum atomic E-state index is 13.8. The van der Waals surface area contributed by atoms with Crippen molar-refractivity contribution in [2.45, 2.75) is 85.8 Å². The van der Waals surface area contributed by atoms with Gasteiger partial charge in [-0.25, -0.2) is 9.88 Å². The van der Waals surface area contributed by atoms with Crippen LogP contribution < -0.4 is 19.7 Å². The first-order valence-electron chi connectivity index (χ1n) is 15.9. The number of cyclic esters (lactones) is 1. The summed E-state index contributed by atoms with van der Waals surface area (Å²) in [5, 5.41) is 6.26. The Kier molecular flexibility index (Phi) is 13.5. The summed E-state index contributed by atoms with van der Waals surface area (Å²) < 4.78 is 36.7. The van der Waals surface area contributed by atoms with Gasteiger partial charge in [-0.3, -0.25) is 9.36 Å². The summed E-state index contributed by atoms with van der Waals surface area (Å²) in [6.07, 6.45) is 3.76. The average Bonchev–Trinajstić information content (AvgIpc) is 3.37. The molecule has 0 saturated heterocycles. The number of carbonyl (C=O) groups excluding carboxylic acids is 2. The molecule has 1 aliphatic heterocycles. The van der Waals surface area contributed by atoms with Crippen molar-refractivity contribution in [3.63, 3.8) is 0 Å². The summed E-state index contributed by atoms with van der Waals surface area (Å²) in [7, 11) is -4.78. The molecule has 248 valence electrons. The molecule has 9 nitrogen and oxygen atoms in total. The molecule has 0 saturated carbocycles. The lowest BCUT2D eigenvalue weighted by Crippen LogP contribution is -2.36. The van der Waals surface area contributed by atoms with Crippen molar-refractivity contribution in [2.75, 3.05) is 32.5 Å². The van der Waals surface area contributed by atoms with E-state index in [9.17, 15) is 14.2 Å². The number of fused-ring (bicyclic) bond motifs is 1. The van der Waals surface area contributed by atoms with Crippen LogP contribution in [0.5, 0.6) is 11.5 Å². The van der Waals surface area contributed by atoms with Gasteiger partial charge in [-0.1, -0.05) is 56.4 Å². The first-order valence-corrected chi connectivity index (χ1v) is 21.4. The minimum Gasteiger partial charge on any atom is -0.493 e. The maximum absolute atomic E-state index is 13.8. The fourth-order valence-electron chi connectivity index (χ4n) is 5.20. The number of hydrogen-bond donors (Lipinski definition) is 2. The first-order chi connectivity index (χ1) is 21.3. The van der Waals surface area contributed by atoms with E-state index in [0.717, 1.165) is 34.7 Å². The van der Waals surface area contributed by atoms with Crippen molar-refractivity contribution >= 4 is 27.5 Å². The fraction of sp³-hybridized carbons (Fsp3) is 0.529. The summed E-state index contributed by atoms with van der Waals surface area (Å²) in [5.74, 6) is 0.344. The molecule has 2 atom stereocenters. The highest BCUT2D eigenvalue weighted by molar-refractivity contribution is 7.57. The number of nitrogens with one attached hydrogen (secondary N) is 2. The summed E-state index contributed by atoms with van der Waals surface area (Å²) in [6.45, 7) is 18.6. The van der Waals surface area contributed by atoms with Gasteiger partial charge in [0.1, 0.15) is 29.7 Å². The zero-order chi connectivity index (χ0) is 33.2. The predicted molar refractivity (Wildman–Crippen MR) is 182 cm³/mol. The summed E-state index contributed by atoms with van der Waals surface area (Å²) >= 11 is 0. The third-order valence-electron chi connectivity index (χ3n) is 7.74. The highest BCUT2D eigenvalue weighted by Crippen LogP contribution is 2.43. The largest absolute Gasteiger partial charge is 0.493 e. The highest BCUT2D eigenvalue weighted by Gasteiger charge is 2.33. The number of esters is 2. The average molecular weight is 659 g/mol. The molecule has 0 radical (unpaired) electrons. The Hall–Kier alpha value is -2.91. The van der Waals surface area contributed by atoms with Crippen LogP contribution in [0.3, 0.4) is 0 Å². The molecular formula is C34H51N2O7PSi. The minimum absolute atomic E-state index is 0.167. The zero-order valence-electron chi connectivity index (χ0n) is 28.2. The smallest absolute Gasteiger partial charge is 0.342 e. The number of hydrogen-bond acceptors (Lipinski definition) is 8. The summed E-state index contributed by atoms with van der Waals surface area (Å²) in [4.78, 5) is 25.1. The van der Waals surface area contributed by atoms with Gasteiger partial charge < -0.3 is 24.1 Å². The highest BCUT2D eigenvalue weighted by atomic mass is 31.2. The molecule has 0 aliphatic carbocycles. The van der Waals surface area contributed by atoms with Crippen LogP contribution in [0.4, 0.5) is 0 Å². The van der Waals surface area contributed by atoms with Gasteiger partial charge in [-0.2, -0.15) is 0 Å². The molecule has 0 fully saturated rings. The van der Waals surface area contributed by atoms with Crippen molar-refractivity contribution in [3.8, 4) is 11.5 Å². The quantitative estimate of drug-likeness (QED) is 0.0585. The molecular weight excluding hydrogens is 607 g/mol. The molecule has 2 N–H and O–H groups in total. The third kappa shape index (κ3) is 10.6. The Morgan fingerprint density at radius 2 is 1.87 bits per heavy atom. The normalized spacial score (nSPS) is 15.2. The zero-order valence-corrected chi connectivity index (χ0v) is 30.1. The second-order valence-electron chi connectivity index (χ2n) is 12.7. The van der Waals surface area contributed by atoms with E-state index in [0.29, 0.717) is 49.8 Å². The number of carbonyl (C=O) groups is 2. The number of para-hydroxylation sites is 1. The van der Waals surface area contributed by atoms with Gasteiger partial charge in [0.05, 0.1) is 19.4 Å². The number of allylic oxidation sites excluding steroid dienone is 1. The molecule has 0 bridgehead atoms. The molecule has 2 aromatic carbocycles. The van der Waals surface area contributed by atoms with Crippen molar-refractivity contribution in [1.82, 2.24) is 10.4 Å². The molecule has 3 rings (SSSR count). The van der Waals surface area contributed by atoms with Gasteiger partial charge in [0.25, 0.3) is 0 Å². The lowest BCUT2D eigenvalue weighted by molar-refractivity contribution is -0.144. The molecule has 1 aliphatic rings. The molecule has 0 amide bonds. The Morgan fingerprint density at radius 3 is 2.51 bits per heavy atom. The molecule has 0 aromatic heterocycles. The van der Waals surface area contributed by atoms with E-state index in [2.05, 4.69) is 50.0 Å². The topological polar surface area (TPSA) is 112 Å². The second-order valence-corrected chi connectivity index (χ2v) is 20.5. The van der Waals surface area contributed by atoms with E-state index in [1.165, 1.54) is 5.56 Å². The lowest BCUT2D eigenvalue weighted by atomic mass is 9.89. The van der Waals surface area contributed by atoms with Crippen LogP contribution in [-0.2, 0) is 38.3 Å². The van der Waals surface area contributed by atoms with Crippen LogP contribution in [0, 0.1) is 6.92 Å². The molecule has 0 spiro atoms. The van der Waals surface area contributed by atoms with E-state index in [4.69, 9.17) is 18.7 Å². The molecule has 1 unspecified atom stereocenters. The molecule has 45 heavy (non-hydrogen) atoms. The van der Waals surface area contributed by atoms with E-state index in [-0.39, 0.29) is 18.7 Å². The maximum Gasteiger partial charge on any atom is 0.342 e. The van der Waals surface area contributed by atoms with Gasteiger partial charge in [0, 0.05) is 32.3 Å². The van der Waals surface area contributed by atoms with Crippen LogP contribution in [-0.4, -0.2) is 58.5 Å². The van der Waals surface area contributed by atoms with Gasteiger partial charge in [-0.15, -0.1) is 0 Å². The van der Waals surface area contributed by atoms with Crippen LogP contribution in [0.15, 0.2) is 42.0 Å². The summed E-state index contributed by atoms with van der Waals surface area (Å²) in [6, 6.07) is 9.14.